The Labute approximate surface area is 127 Å². The van der Waals surface area contributed by atoms with Crippen LogP contribution in [0.25, 0.3) is 10.9 Å². The predicted molar refractivity (Wildman–Crippen MR) is 87.6 cm³/mol. The molecule has 5 heteroatoms. The van der Waals surface area contributed by atoms with Gasteiger partial charge in [-0.25, -0.2) is 4.98 Å². The molecule has 0 unspecified atom stereocenters. The Hall–Kier alpha value is -2.95. The van der Waals surface area contributed by atoms with Crippen molar-refractivity contribution in [2.45, 2.75) is 13.8 Å². The van der Waals surface area contributed by atoms with Gasteiger partial charge in [0.1, 0.15) is 11.5 Å². The van der Waals surface area contributed by atoms with Crippen LogP contribution >= 0.6 is 0 Å². The second kappa shape index (κ2) is 5.44. The normalized spacial score (nSPS) is 10.6. The SMILES string of the molecule is Cc1ccc(Nc2cc(C)c3ccccc3n2)c([N+](=O)[O-])c1. The van der Waals surface area contributed by atoms with E-state index in [-0.39, 0.29) is 10.6 Å². The fourth-order valence-corrected chi connectivity index (χ4v) is 2.45. The quantitative estimate of drug-likeness (QED) is 0.570. The van der Waals surface area contributed by atoms with Crippen molar-refractivity contribution < 1.29 is 4.92 Å². The Morgan fingerprint density at radius 1 is 1.09 bits per heavy atom. The minimum absolute atomic E-state index is 0.0487. The van der Waals surface area contributed by atoms with Gasteiger partial charge in [0, 0.05) is 11.5 Å². The Morgan fingerprint density at radius 2 is 1.86 bits per heavy atom. The maximum atomic E-state index is 11.2. The molecule has 22 heavy (non-hydrogen) atoms. The van der Waals surface area contributed by atoms with Crippen LogP contribution in [-0.4, -0.2) is 9.91 Å². The summed E-state index contributed by atoms with van der Waals surface area (Å²) in [6.07, 6.45) is 0. The van der Waals surface area contributed by atoms with Crippen LogP contribution in [0, 0.1) is 24.0 Å². The summed E-state index contributed by atoms with van der Waals surface area (Å²) >= 11 is 0. The van der Waals surface area contributed by atoms with Crippen molar-refractivity contribution in [2.75, 3.05) is 5.32 Å². The lowest BCUT2D eigenvalue weighted by Crippen LogP contribution is -2.00. The molecule has 1 aromatic heterocycles. The number of aryl methyl sites for hydroxylation is 2. The van der Waals surface area contributed by atoms with E-state index in [0.717, 1.165) is 22.0 Å². The molecule has 0 atom stereocenters. The van der Waals surface area contributed by atoms with Gasteiger partial charge in [0.15, 0.2) is 0 Å². The average molecular weight is 293 g/mol. The molecule has 0 aliphatic carbocycles. The topological polar surface area (TPSA) is 68.1 Å². The van der Waals surface area contributed by atoms with Crippen molar-refractivity contribution in [1.29, 1.82) is 0 Å². The van der Waals surface area contributed by atoms with Crippen molar-refractivity contribution in [3.63, 3.8) is 0 Å². The fraction of sp³-hybridized carbons (Fsp3) is 0.118. The van der Waals surface area contributed by atoms with E-state index < -0.39 is 0 Å². The van der Waals surface area contributed by atoms with Gasteiger partial charge in [0.2, 0.25) is 0 Å². The Balaban J connectivity index is 2.05. The first-order valence-electron chi connectivity index (χ1n) is 6.93. The molecular formula is C17H15N3O2. The van der Waals surface area contributed by atoms with Crippen molar-refractivity contribution in [3.8, 4) is 0 Å². The number of hydrogen-bond donors (Lipinski definition) is 1. The monoisotopic (exact) mass is 293 g/mol. The molecule has 5 nitrogen and oxygen atoms in total. The van der Waals surface area contributed by atoms with Gasteiger partial charge in [-0.2, -0.15) is 0 Å². The number of rotatable bonds is 3. The van der Waals surface area contributed by atoms with E-state index in [4.69, 9.17) is 0 Å². The lowest BCUT2D eigenvalue weighted by molar-refractivity contribution is -0.384. The molecule has 0 fully saturated rings. The van der Waals surface area contributed by atoms with Gasteiger partial charge in [-0.1, -0.05) is 24.3 Å². The summed E-state index contributed by atoms with van der Waals surface area (Å²) in [5.41, 5.74) is 3.27. The standard InChI is InChI=1S/C17H15N3O2/c1-11-7-8-15(16(9-11)20(21)22)19-17-10-12(2)13-5-3-4-6-14(13)18-17/h3-10H,1-2H3,(H,18,19). The summed E-state index contributed by atoms with van der Waals surface area (Å²) in [4.78, 5) is 15.3. The Morgan fingerprint density at radius 3 is 2.64 bits per heavy atom. The van der Waals surface area contributed by atoms with E-state index in [1.807, 2.05) is 50.2 Å². The number of fused-ring (bicyclic) bond motifs is 1. The van der Waals surface area contributed by atoms with Gasteiger partial charge in [-0.15, -0.1) is 0 Å². The number of pyridine rings is 1. The van der Waals surface area contributed by atoms with Crippen molar-refractivity contribution in [3.05, 3.63) is 69.8 Å². The molecule has 2 aromatic carbocycles. The van der Waals surface area contributed by atoms with Gasteiger partial charge >= 0.3 is 0 Å². The van der Waals surface area contributed by atoms with E-state index in [2.05, 4.69) is 10.3 Å². The molecule has 0 radical (unpaired) electrons. The number of hydrogen-bond acceptors (Lipinski definition) is 4. The number of para-hydroxylation sites is 1. The number of benzene rings is 2. The summed E-state index contributed by atoms with van der Waals surface area (Å²) in [5, 5.41) is 15.3. The number of anilines is 2. The van der Waals surface area contributed by atoms with E-state index in [9.17, 15) is 10.1 Å². The lowest BCUT2D eigenvalue weighted by atomic mass is 10.1. The molecule has 0 aliphatic heterocycles. The molecule has 0 saturated heterocycles. The maximum absolute atomic E-state index is 11.2. The highest BCUT2D eigenvalue weighted by molar-refractivity contribution is 5.84. The zero-order valence-electron chi connectivity index (χ0n) is 12.3. The van der Waals surface area contributed by atoms with E-state index in [1.54, 1.807) is 12.1 Å². The number of nitrogens with zero attached hydrogens (tertiary/aromatic N) is 2. The zero-order valence-corrected chi connectivity index (χ0v) is 12.3. The molecule has 1 heterocycles. The number of nitro groups is 1. The first-order chi connectivity index (χ1) is 10.5. The summed E-state index contributed by atoms with van der Waals surface area (Å²) in [7, 11) is 0. The van der Waals surface area contributed by atoms with Crippen molar-refractivity contribution >= 4 is 28.1 Å². The smallest absolute Gasteiger partial charge is 0.292 e. The van der Waals surface area contributed by atoms with Gasteiger partial charge in [-0.3, -0.25) is 10.1 Å². The number of nitro benzene ring substituents is 1. The van der Waals surface area contributed by atoms with Crippen LogP contribution in [0.5, 0.6) is 0 Å². The second-order valence-corrected chi connectivity index (χ2v) is 5.24. The Kier molecular flexibility index (Phi) is 3.47. The largest absolute Gasteiger partial charge is 0.335 e. The minimum Gasteiger partial charge on any atom is -0.335 e. The number of nitrogens with one attached hydrogen (secondary N) is 1. The van der Waals surface area contributed by atoms with Gasteiger partial charge in [0.25, 0.3) is 5.69 Å². The summed E-state index contributed by atoms with van der Waals surface area (Å²) in [6.45, 7) is 3.83. The van der Waals surface area contributed by atoms with Crippen molar-refractivity contribution in [1.82, 2.24) is 4.98 Å². The first-order valence-corrected chi connectivity index (χ1v) is 6.93. The van der Waals surface area contributed by atoms with Crippen LogP contribution in [0.1, 0.15) is 11.1 Å². The van der Waals surface area contributed by atoms with Crippen LogP contribution in [-0.2, 0) is 0 Å². The second-order valence-electron chi connectivity index (χ2n) is 5.24. The highest BCUT2D eigenvalue weighted by atomic mass is 16.6. The third kappa shape index (κ3) is 2.61. The van der Waals surface area contributed by atoms with Gasteiger partial charge < -0.3 is 5.32 Å². The molecular weight excluding hydrogens is 278 g/mol. The molecule has 0 amide bonds. The molecule has 3 rings (SSSR count). The van der Waals surface area contributed by atoms with Crippen LogP contribution < -0.4 is 5.32 Å². The summed E-state index contributed by atoms with van der Waals surface area (Å²) < 4.78 is 0. The zero-order chi connectivity index (χ0) is 15.7. The fourth-order valence-electron chi connectivity index (χ4n) is 2.45. The van der Waals surface area contributed by atoms with Crippen LogP contribution in [0.15, 0.2) is 48.5 Å². The molecule has 0 spiro atoms. The highest BCUT2D eigenvalue weighted by Crippen LogP contribution is 2.29. The predicted octanol–water partition coefficient (Wildman–Crippen LogP) is 4.50. The Bertz CT molecular complexity index is 875. The van der Waals surface area contributed by atoms with E-state index in [0.29, 0.717) is 11.5 Å². The van der Waals surface area contributed by atoms with Crippen molar-refractivity contribution in [2.24, 2.45) is 0 Å². The molecule has 110 valence electrons. The van der Waals surface area contributed by atoms with Gasteiger partial charge in [0.05, 0.1) is 10.4 Å². The summed E-state index contributed by atoms with van der Waals surface area (Å²) in [5.74, 6) is 0.600. The molecule has 0 bridgehead atoms. The first kappa shape index (κ1) is 14.0. The van der Waals surface area contributed by atoms with E-state index in [1.165, 1.54) is 0 Å². The third-order valence-electron chi connectivity index (χ3n) is 3.54. The molecule has 0 aliphatic rings. The third-order valence-corrected chi connectivity index (χ3v) is 3.54. The van der Waals surface area contributed by atoms with Gasteiger partial charge in [-0.05, 0) is 43.2 Å². The van der Waals surface area contributed by atoms with Crippen LogP contribution in [0.4, 0.5) is 17.2 Å². The van der Waals surface area contributed by atoms with E-state index >= 15 is 0 Å². The maximum Gasteiger partial charge on any atom is 0.292 e. The van der Waals surface area contributed by atoms with Crippen LogP contribution in [0.3, 0.4) is 0 Å². The molecule has 1 N–H and O–H groups in total. The lowest BCUT2D eigenvalue weighted by Gasteiger charge is -2.10. The summed E-state index contributed by atoms with van der Waals surface area (Å²) in [6, 6.07) is 14.8. The van der Waals surface area contributed by atoms with Crippen LogP contribution in [0.2, 0.25) is 0 Å². The number of aromatic nitrogens is 1. The molecule has 3 aromatic rings. The highest BCUT2D eigenvalue weighted by Gasteiger charge is 2.14. The molecule has 0 saturated carbocycles. The average Bonchev–Trinajstić information content (AvgIpc) is 2.49. The minimum atomic E-state index is -0.386.